The summed E-state index contributed by atoms with van der Waals surface area (Å²) in [7, 11) is -3.68. The SMILES string of the molecule is Cc1ccc(N([C@@H](C)c2ccccc2)S(=O)(=O)c2ccccc2)cc1. The van der Waals surface area contributed by atoms with Crippen molar-refractivity contribution in [3.63, 3.8) is 0 Å². The molecule has 0 aliphatic carbocycles. The minimum Gasteiger partial charge on any atom is -0.259 e. The van der Waals surface area contributed by atoms with Crippen molar-refractivity contribution in [1.29, 1.82) is 0 Å². The largest absolute Gasteiger partial charge is 0.264 e. The molecule has 0 aliphatic heterocycles. The highest BCUT2D eigenvalue weighted by atomic mass is 32.2. The third-order valence-corrected chi connectivity index (χ3v) is 6.14. The summed E-state index contributed by atoms with van der Waals surface area (Å²) < 4.78 is 28.2. The van der Waals surface area contributed by atoms with Crippen molar-refractivity contribution < 1.29 is 8.42 Å². The van der Waals surface area contributed by atoms with Crippen molar-refractivity contribution in [2.24, 2.45) is 0 Å². The molecule has 1 atom stereocenters. The van der Waals surface area contributed by atoms with Crippen LogP contribution >= 0.6 is 0 Å². The van der Waals surface area contributed by atoms with Gasteiger partial charge in [0.2, 0.25) is 0 Å². The molecule has 0 unspecified atom stereocenters. The number of rotatable bonds is 5. The zero-order chi connectivity index (χ0) is 17.9. The third kappa shape index (κ3) is 3.59. The van der Waals surface area contributed by atoms with E-state index in [-0.39, 0.29) is 6.04 Å². The Morgan fingerprint density at radius 2 is 1.28 bits per heavy atom. The molecule has 3 rings (SSSR count). The number of nitrogens with zero attached hydrogens (tertiary/aromatic N) is 1. The molecule has 0 fully saturated rings. The van der Waals surface area contributed by atoms with Gasteiger partial charge in [0.25, 0.3) is 10.0 Å². The van der Waals surface area contributed by atoms with Crippen LogP contribution in [0.25, 0.3) is 0 Å². The summed E-state index contributed by atoms with van der Waals surface area (Å²) in [6, 6.07) is 25.5. The van der Waals surface area contributed by atoms with Gasteiger partial charge in [-0.05, 0) is 43.7 Å². The summed E-state index contributed by atoms with van der Waals surface area (Å²) in [6.07, 6.45) is 0. The van der Waals surface area contributed by atoms with E-state index in [1.54, 1.807) is 24.3 Å². The molecule has 0 spiro atoms. The van der Waals surface area contributed by atoms with Crippen LogP contribution in [0.3, 0.4) is 0 Å². The maximum Gasteiger partial charge on any atom is 0.264 e. The molecule has 0 bridgehead atoms. The van der Waals surface area contributed by atoms with Crippen molar-refractivity contribution in [3.8, 4) is 0 Å². The first-order chi connectivity index (χ1) is 12.0. The molecule has 0 saturated carbocycles. The topological polar surface area (TPSA) is 37.4 Å². The molecule has 25 heavy (non-hydrogen) atoms. The molecule has 0 aliphatic rings. The molecule has 0 amide bonds. The molecule has 3 nitrogen and oxygen atoms in total. The fourth-order valence-electron chi connectivity index (χ4n) is 2.84. The van der Waals surface area contributed by atoms with Crippen LogP contribution < -0.4 is 4.31 Å². The average molecular weight is 351 g/mol. The van der Waals surface area contributed by atoms with Gasteiger partial charge in [0.15, 0.2) is 0 Å². The Kier molecular flexibility index (Phi) is 4.91. The van der Waals surface area contributed by atoms with Crippen LogP contribution in [0.1, 0.15) is 24.1 Å². The Morgan fingerprint density at radius 1 is 0.760 bits per heavy atom. The molecular weight excluding hydrogens is 330 g/mol. The molecule has 0 heterocycles. The number of hydrogen-bond acceptors (Lipinski definition) is 2. The number of aryl methyl sites for hydroxylation is 1. The lowest BCUT2D eigenvalue weighted by molar-refractivity contribution is 0.583. The van der Waals surface area contributed by atoms with Gasteiger partial charge >= 0.3 is 0 Å². The molecule has 3 aromatic carbocycles. The zero-order valence-corrected chi connectivity index (χ0v) is 15.1. The second kappa shape index (κ2) is 7.11. The Balaban J connectivity index is 2.14. The Bertz CT molecular complexity index is 921. The van der Waals surface area contributed by atoms with Crippen molar-refractivity contribution in [1.82, 2.24) is 0 Å². The molecule has 0 aromatic heterocycles. The van der Waals surface area contributed by atoms with Crippen molar-refractivity contribution in [2.75, 3.05) is 4.31 Å². The van der Waals surface area contributed by atoms with E-state index in [0.717, 1.165) is 11.1 Å². The molecule has 0 radical (unpaired) electrons. The summed E-state index contributed by atoms with van der Waals surface area (Å²) in [5.74, 6) is 0. The first-order valence-electron chi connectivity index (χ1n) is 8.21. The van der Waals surface area contributed by atoms with Gasteiger partial charge in [0.05, 0.1) is 16.6 Å². The van der Waals surface area contributed by atoms with E-state index in [2.05, 4.69) is 0 Å². The summed E-state index contributed by atoms with van der Waals surface area (Å²) in [4.78, 5) is 0.290. The predicted molar refractivity (Wildman–Crippen MR) is 102 cm³/mol. The van der Waals surface area contributed by atoms with Gasteiger partial charge in [-0.25, -0.2) is 8.42 Å². The zero-order valence-electron chi connectivity index (χ0n) is 14.3. The number of anilines is 1. The third-order valence-electron chi connectivity index (χ3n) is 4.22. The molecule has 0 N–H and O–H groups in total. The van der Waals surface area contributed by atoms with Gasteiger partial charge < -0.3 is 0 Å². The van der Waals surface area contributed by atoms with Crippen molar-refractivity contribution in [3.05, 3.63) is 96.1 Å². The number of sulfonamides is 1. The fourth-order valence-corrected chi connectivity index (χ4v) is 4.50. The van der Waals surface area contributed by atoms with Crippen molar-refractivity contribution >= 4 is 15.7 Å². The van der Waals surface area contributed by atoms with Crippen LogP contribution in [-0.4, -0.2) is 8.42 Å². The second-order valence-corrected chi connectivity index (χ2v) is 7.85. The highest BCUT2D eigenvalue weighted by Gasteiger charge is 2.30. The monoisotopic (exact) mass is 351 g/mol. The smallest absolute Gasteiger partial charge is 0.259 e. The first kappa shape index (κ1) is 17.2. The summed E-state index contributed by atoms with van der Waals surface area (Å²) in [5.41, 5.74) is 2.70. The summed E-state index contributed by atoms with van der Waals surface area (Å²) in [6.45, 7) is 3.90. The van der Waals surface area contributed by atoms with E-state index in [1.165, 1.54) is 4.31 Å². The molecule has 4 heteroatoms. The molecule has 128 valence electrons. The van der Waals surface area contributed by atoms with E-state index in [9.17, 15) is 8.42 Å². The maximum atomic E-state index is 13.4. The molecule has 0 saturated heterocycles. The average Bonchev–Trinajstić information content (AvgIpc) is 2.65. The van der Waals surface area contributed by atoms with Crippen LogP contribution in [-0.2, 0) is 10.0 Å². The number of benzene rings is 3. The lowest BCUT2D eigenvalue weighted by atomic mass is 10.1. The maximum absolute atomic E-state index is 13.4. The van der Waals surface area contributed by atoms with E-state index in [1.807, 2.05) is 74.5 Å². The Morgan fingerprint density at radius 3 is 1.84 bits per heavy atom. The second-order valence-electron chi connectivity index (χ2n) is 6.04. The van der Waals surface area contributed by atoms with Gasteiger partial charge in [-0.3, -0.25) is 4.31 Å². The van der Waals surface area contributed by atoms with Crippen molar-refractivity contribution in [2.45, 2.75) is 24.8 Å². The lowest BCUT2D eigenvalue weighted by Gasteiger charge is -2.31. The normalized spacial score (nSPS) is 12.6. The van der Waals surface area contributed by atoms with Gasteiger partial charge in [-0.15, -0.1) is 0 Å². The van der Waals surface area contributed by atoms with Crippen LogP contribution in [0.2, 0.25) is 0 Å². The van der Waals surface area contributed by atoms with Crippen LogP contribution in [0.15, 0.2) is 89.8 Å². The number of hydrogen-bond donors (Lipinski definition) is 0. The van der Waals surface area contributed by atoms with E-state index in [4.69, 9.17) is 0 Å². The van der Waals surface area contributed by atoms with Gasteiger partial charge in [0.1, 0.15) is 0 Å². The Hall–Kier alpha value is -2.59. The fraction of sp³-hybridized carbons (Fsp3) is 0.143. The highest BCUT2D eigenvalue weighted by Crippen LogP contribution is 2.33. The predicted octanol–water partition coefficient (Wildman–Crippen LogP) is 4.95. The summed E-state index contributed by atoms with van der Waals surface area (Å²) in [5, 5.41) is 0. The van der Waals surface area contributed by atoms with Gasteiger partial charge in [-0.2, -0.15) is 0 Å². The van der Waals surface area contributed by atoms with E-state index < -0.39 is 10.0 Å². The Labute approximate surface area is 149 Å². The minimum absolute atomic E-state index is 0.290. The van der Waals surface area contributed by atoms with Crippen LogP contribution in [0.5, 0.6) is 0 Å². The van der Waals surface area contributed by atoms with Gasteiger partial charge in [-0.1, -0.05) is 66.2 Å². The molecule has 3 aromatic rings. The van der Waals surface area contributed by atoms with E-state index in [0.29, 0.717) is 10.6 Å². The quantitative estimate of drug-likeness (QED) is 0.652. The standard InChI is InChI=1S/C21H21NO2S/c1-17-13-15-20(16-14-17)22(18(2)19-9-5-3-6-10-19)25(23,24)21-11-7-4-8-12-21/h3-16,18H,1-2H3/t18-/m0/s1. The minimum atomic E-state index is -3.68. The summed E-state index contributed by atoms with van der Waals surface area (Å²) >= 11 is 0. The first-order valence-corrected chi connectivity index (χ1v) is 9.65. The molecular formula is C21H21NO2S. The van der Waals surface area contributed by atoms with Crippen LogP contribution in [0.4, 0.5) is 5.69 Å². The van der Waals surface area contributed by atoms with E-state index >= 15 is 0 Å². The van der Waals surface area contributed by atoms with Crippen LogP contribution in [0, 0.1) is 6.92 Å². The van der Waals surface area contributed by atoms with Gasteiger partial charge in [0, 0.05) is 0 Å². The highest BCUT2D eigenvalue weighted by molar-refractivity contribution is 7.92. The lowest BCUT2D eigenvalue weighted by Crippen LogP contribution is -2.33.